The fourth-order valence-electron chi connectivity index (χ4n) is 0.962. The third-order valence-electron chi connectivity index (χ3n) is 1.56. The van der Waals surface area contributed by atoms with Crippen molar-refractivity contribution < 1.29 is 36.9 Å². The molecular formula is C8H10CuO4. The van der Waals surface area contributed by atoms with Crippen molar-refractivity contribution in [1.29, 1.82) is 0 Å². The molecule has 0 unspecified atom stereocenters. The van der Waals surface area contributed by atoms with Crippen molar-refractivity contribution in [3.8, 4) is 0 Å². The fourth-order valence-corrected chi connectivity index (χ4v) is 0.962. The Hall–Kier alpha value is -0.801. The summed E-state index contributed by atoms with van der Waals surface area (Å²) in [6.07, 6.45) is 0.277. The van der Waals surface area contributed by atoms with Gasteiger partial charge in [0.15, 0.2) is 0 Å². The van der Waals surface area contributed by atoms with E-state index in [9.17, 15) is 19.8 Å². The van der Waals surface area contributed by atoms with Crippen molar-refractivity contribution in [2.75, 3.05) is 0 Å². The minimum Gasteiger partial charge on any atom is -0.545 e. The third kappa shape index (κ3) is 4.10. The first-order valence-corrected chi connectivity index (χ1v) is 3.69. The van der Waals surface area contributed by atoms with E-state index >= 15 is 0 Å². The van der Waals surface area contributed by atoms with Crippen LogP contribution in [-0.2, 0) is 26.7 Å². The Labute approximate surface area is 87.1 Å². The Kier molecular flexibility index (Phi) is 7.57. The molecule has 0 saturated carbocycles. The van der Waals surface area contributed by atoms with Gasteiger partial charge in [0.1, 0.15) is 0 Å². The van der Waals surface area contributed by atoms with Crippen LogP contribution < -0.4 is 10.2 Å². The Morgan fingerprint density at radius 2 is 1.15 bits per heavy atom. The molecular weight excluding hydrogens is 224 g/mol. The smallest absolute Gasteiger partial charge is 0.545 e. The summed E-state index contributed by atoms with van der Waals surface area (Å²) in [7, 11) is 0. The summed E-state index contributed by atoms with van der Waals surface area (Å²) in [4.78, 5) is 20.8. The number of carboxylic acids is 2. The predicted molar refractivity (Wildman–Crippen MR) is 37.6 cm³/mol. The van der Waals surface area contributed by atoms with Gasteiger partial charge >= 0.3 is 17.1 Å². The van der Waals surface area contributed by atoms with Crippen LogP contribution in [-0.4, -0.2) is 11.9 Å². The maximum Gasteiger partial charge on any atom is 2.00 e. The van der Waals surface area contributed by atoms with Gasteiger partial charge in [0, 0.05) is 0 Å². The molecule has 0 heterocycles. The summed E-state index contributed by atoms with van der Waals surface area (Å²) < 4.78 is 0. The first kappa shape index (κ1) is 14.7. The van der Waals surface area contributed by atoms with Crippen molar-refractivity contribution in [2.45, 2.75) is 26.7 Å². The number of aliphatic carboxylic acids is 2. The van der Waals surface area contributed by atoms with Crippen molar-refractivity contribution in [2.24, 2.45) is 0 Å². The molecule has 77 valence electrons. The molecule has 1 radical (unpaired) electrons. The van der Waals surface area contributed by atoms with E-state index in [-0.39, 0.29) is 41.1 Å². The van der Waals surface area contributed by atoms with Gasteiger partial charge in [0.25, 0.3) is 0 Å². The molecule has 0 atom stereocenters. The molecule has 0 aromatic heterocycles. The van der Waals surface area contributed by atoms with Crippen LogP contribution in [0.4, 0.5) is 0 Å². The molecule has 13 heavy (non-hydrogen) atoms. The van der Waals surface area contributed by atoms with Crippen LogP contribution in [0, 0.1) is 0 Å². The summed E-state index contributed by atoms with van der Waals surface area (Å²) in [6, 6.07) is 0. The average molecular weight is 234 g/mol. The zero-order valence-electron chi connectivity index (χ0n) is 7.35. The summed E-state index contributed by atoms with van der Waals surface area (Å²) in [5, 5.41) is 20.8. The summed E-state index contributed by atoms with van der Waals surface area (Å²) >= 11 is 0. The van der Waals surface area contributed by atoms with Crippen LogP contribution in [0.1, 0.15) is 26.7 Å². The normalized spacial score (nSPS) is 11.2. The Morgan fingerprint density at radius 1 is 0.923 bits per heavy atom. The molecule has 0 bridgehead atoms. The molecule has 0 aliphatic rings. The number of carbonyl (C=O) groups is 2. The third-order valence-corrected chi connectivity index (χ3v) is 1.56. The Bertz CT molecular complexity index is 208. The van der Waals surface area contributed by atoms with Gasteiger partial charge in [-0.3, -0.25) is 0 Å². The Morgan fingerprint density at radius 3 is 1.23 bits per heavy atom. The topological polar surface area (TPSA) is 80.3 Å². The average Bonchev–Trinajstić information content (AvgIpc) is 1.98. The van der Waals surface area contributed by atoms with Crippen LogP contribution in [0.15, 0.2) is 11.1 Å². The van der Waals surface area contributed by atoms with E-state index in [0.29, 0.717) is 0 Å². The zero-order chi connectivity index (χ0) is 9.72. The van der Waals surface area contributed by atoms with Gasteiger partial charge in [0.2, 0.25) is 0 Å². The molecule has 5 heteroatoms. The maximum atomic E-state index is 10.4. The minimum absolute atomic E-state index is 0. The molecule has 0 aliphatic carbocycles. The van der Waals surface area contributed by atoms with E-state index < -0.39 is 11.9 Å². The number of rotatable bonds is 4. The predicted octanol–water partition coefficient (Wildman–Crippen LogP) is -1.40. The molecule has 0 N–H and O–H groups in total. The van der Waals surface area contributed by atoms with Gasteiger partial charge in [-0.25, -0.2) is 0 Å². The first-order chi connectivity index (χ1) is 5.54. The fraction of sp³-hybridized carbons (Fsp3) is 0.500. The molecule has 0 saturated heterocycles. The van der Waals surface area contributed by atoms with Crippen LogP contribution >= 0.6 is 0 Å². The van der Waals surface area contributed by atoms with E-state index in [4.69, 9.17) is 0 Å². The number of carboxylic acid groups (broad SMARTS) is 2. The summed E-state index contributed by atoms with van der Waals surface area (Å²) in [6.45, 7) is 3.12. The summed E-state index contributed by atoms with van der Waals surface area (Å²) in [5.41, 5.74) is -0.366. The molecule has 0 spiro atoms. The van der Waals surface area contributed by atoms with E-state index in [0.717, 1.165) is 0 Å². The first-order valence-electron chi connectivity index (χ1n) is 3.69. The van der Waals surface area contributed by atoms with Gasteiger partial charge in [0.05, 0.1) is 11.9 Å². The van der Waals surface area contributed by atoms with E-state index in [1.54, 1.807) is 13.8 Å². The molecule has 4 nitrogen and oxygen atoms in total. The van der Waals surface area contributed by atoms with Gasteiger partial charge < -0.3 is 19.8 Å². The maximum absolute atomic E-state index is 10.4. The molecule has 0 rings (SSSR count). The molecule has 0 amide bonds. The van der Waals surface area contributed by atoms with Crippen molar-refractivity contribution >= 4 is 11.9 Å². The molecule has 0 aliphatic heterocycles. The van der Waals surface area contributed by atoms with Crippen LogP contribution in [0.25, 0.3) is 0 Å². The standard InChI is InChI=1S/C8H12O4.Cu/c1-3-5(7(9)10)6(4-2)8(11)12;/h3-4H2,1-2H3,(H,9,10)(H,11,12);/q;+2/p-2/b6-5+;. The van der Waals surface area contributed by atoms with Gasteiger partial charge in [-0.05, 0) is 24.0 Å². The monoisotopic (exact) mass is 233 g/mol. The Balaban J connectivity index is 0. The quantitative estimate of drug-likeness (QED) is 0.442. The second kappa shape index (κ2) is 6.69. The van der Waals surface area contributed by atoms with Crippen molar-refractivity contribution in [3.63, 3.8) is 0 Å². The second-order valence-electron chi connectivity index (χ2n) is 2.24. The van der Waals surface area contributed by atoms with E-state index in [1.165, 1.54) is 0 Å². The van der Waals surface area contributed by atoms with Gasteiger partial charge in [-0.15, -0.1) is 0 Å². The van der Waals surface area contributed by atoms with Crippen LogP contribution in [0.2, 0.25) is 0 Å². The minimum atomic E-state index is -1.43. The van der Waals surface area contributed by atoms with E-state index in [2.05, 4.69) is 0 Å². The number of hydrogen-bond acceptors (Lipinski definition) is 4. The van der Waals surface area contributed by atoms with Gasteiger partial charge in [-0.2, -0.15) is 0 Å². The number of carbonyl (C=O) groups excluding carboxylic acids is 2. The van der Waals surface area contributed by atoms with Crippen molar-refractivity contribution in [1.82, 2.24) is 0 Å². The summed E-state index contributed by atoms with van der Waals surface area (Å²) in [5.74, 6) is -2.86. The molecule has 0 aromatic rings. The van der Waals surface area contributed by atoms with Crippen LogP contribution in [0.5, 0.6) is 0 Å². The number of hydrogen-bond donors (Lipinski definition) is 0. The second-order valence-corrected chi connectivity index (χ2v) is 2.24. The van der Waals surface area contributed by atoms with E-state index in [1.807, 2.05) is 0 Å². The zero-order valence-corrected chi connectivity index (χ0v) is 8.29. The van der Waals surface area contributed by atoms with Crippen molar-refractivity contribution in [3.05, 3.63) is 11.1 Å². The SMILES string of the molecule is CC/C(C(=O)[O-])=C(/CC)C(=O)[O-].[Cu+2]. The molecule has 0 fully saturated rings. The van der Waals surface area contributed by atoms with Gasteiger partial charge in [-0.1, -0.05) is 13.8 Å². The largest absolute Gasteiger partial charge is 2.00 e. The molecule has 0 aromatic carbocycles. The van der Waals surface area contributed by atoms with Crippen LogP contribution in [0.3, 0.4) is 0 Å².